The van der Waals surface area contributed by atoms with E-state index in [2.05, 4.69) is 9.80 Å². The van der Waals surface area contributed by atoms with E-state index in [1.807, 2.05) is 36.4 Å². The maximum Gasteiger partial charge on any atom is 0.336 e. The van der Waals surface area contributed by atoms with Crippen LogP contribution < -0.4 is 10.4 Å². The number of fused-ring (bicyclic) bond motifs is 2. The lowest BCUT2D eigenvalue weighted by Gasteiger charge is -2.45. The molecule has 0 unspecified atom stereocenters. The highest BCUT2D eigenvalue weighted by Crippen LogP contribution is 2.34. The summed E-state index contributed by atoms with van der Waals surface area (Å²) in [5.74, 6) is 1.34. The quantitative estimate of drug-likeness (QED) is 0.233. The molecule has 3 aromatic rings. The Labute approximate surface area is 237 Å². The molecule has 0 bridgehead atoms. The maximum atomic E-state index is 13.7. The van der Waals surface area contributed by atoms with Gasteiger partial charge in [0.2, 0.25) is 5.91 Å². The Morgan fingerprint density at radius 3 is 2.67 bits per heavy atom. The zero-order valence-corrected chi connectivity index (χ0v) is 23.9. The molecule has 7 nitrogen and oxygen atoms in total. The number of hydrogen-bond acceptors (Lipinski definition) is 6. The summed E-state index contributed by atoms with van der Waals surface area (Å²) in [4.78, 5) is 30.8. The van der Waals surface area contributed by atoms with Gasteiger partial charge in [0.15, 0.2) is 0 Å². The fourth-order valence-corrected chi connectivity index (χ4v) is 6.67. The van der Waals surface area contributed by atoms with E-state index in [1.165, 1.54) is 51.3 Å². The number of carbonyl (C=O) groups excluding carboxylic acids is 1. The highest BCUT2D eigenvalue weighted by Gasteiger charge is 2.34. The van der Waals surface area contributed by atoms with Gasteiger partial charge < -0.3 is 23.7 Å². The van der Waals surface area contributed by atoms with Crippen LogP contribution in [-0.4, -0.2) is 68.8 Å². The molecule has 2 aliphatic heterocycles. The molecule has 0 radical (unpaired) electrons. The standard InChI is InChI=1S/C33H42N2O5/c1-38-19-9-18-35(23-26-12-8-17-34-16-7-6-13-29(26)34)32(36)15-14-25-20-28-27(24-10-4-3-5-11-24)21-33(37)40-31(28)22-30(25)39-2/h3-5,10-11,20-22,26,29H,6-9,12-19,23H2,1-2H3/t26-,29-/m0/s1. The summed E-state index contributed by atoms with van der Waals surface area (Å²) in [6, 6.07) is 15.8. The van der Waals surface area contributed by atoms with Gasteiger partial charge in [-0.15, -0.1) is 0 Å². The number of rotatable bonds is 11. The van der Waals surface area contributed by atoms with E-state index in [0.29, 0.717) is 49.3 Å². The molecule has 0 spiro atoms. The first-order chi connectivity index (χ1) is 19.6. The van der Waals surface area contributed by atoms with Crippen molar-refractivity contribution in [3.8, 4) is 16.9 Å². The van der Waals surface area contributed by atoms with Gasteiger partial charge in [-0.2, -0.15) is 0 Å². The highest BCUT2D eigenvalue weighted by atomic mass is 16.5. The molecule has 2 atom stereocenters. The maximum absolute atomic E-state index is 13.7. The van der Waals surface area contributed by atoms with Crippen molar-refractivity contribution in [1.82, 2.24) is 9.80 Å². The summed E-state index contributed by atoms with van der Waals surface area (Å²) in [5, 5.41) is 0.839. The molecule has 0 N–H and O–H groups in total. The number of methoxy groups -OCH3 is 2. The highest BCUT2D eigenvalue weighted by molar-refractivity contribution is 5.94. The zero-order chi connectivity index (χ0) is 27.9. The van der Waals surface area contributed by atoms with Crippen molar-refractivity contribution < 1.29 is 18.7 Å². The molecular formula is C33H42N2O5. The van der Waals surface area contributed by atoms with Gasteiger partial charge in [-0.1, -0.05) is 36.8 Å². The molecule has 1 aromatic heterocycles. The molecule has 1 amide bonds. The van der Waals surface area contributed by atoms with Gasteiger partial charge in [0.05, 0.1) is 7.11 Å². The van der Waals surface area contributed by atoms with Crippen LogP contribution in [0, 0.1) is 5.92 Å². The molecule has 40 heavy (non-hydrogen) atoms. The van der Waals surface area contributed by atoms with Crippen LogP contribution in [0.5, 0.6) is 5.75 Å². The van der Waals surface area contributed by atoms with E-state index in [4.69, 9.17) is 13.9 Å². The lowest BCUT2D eigenvalue weighted by Crippen LogP contribution is -2.51. The van der Waals surface area contributed by atoms with Gasteiger partial charge in [0, 0.05) is 56.8 Å². The number of amides is 1. The van der Waals surface area contributed by atoms with Crippen molar-refractivity contribution in [2.24, 2.45) is 5.92 Å². The van der Waals surface area contributed by atoms with Gasteiger partial charge in [-0.3, -0.25) is 4.79 Å². The monoisotopic (exact) mass is 546 g/mol. The molecule has 0 saturated carbocycles. The van der Waals surface area contributed by atoms with Gasteiger partial charge in [0.25, 0.3) is 0 Å². The summed E-state index contributed by atoms with van der Waals surface area (Å²) in [6.07, 6.45) is 8.03. The van der Waals surface area contributed by atoms with E-state index in [1.54, 1.807) is 20.3 Å². The number of hydrogen-bond donors (Lipinski definition) is 0. The largest absolute Gasteiger partial charge is 0.496 e. The lowest BCUT2D eigenvalue weighted by atomic mass is 9.83. The number of ether oxygens (including phenoxy) is 2. The average molecular weight is 547 g/mol. The van der Waals surface area contributed by atoms with Crippen LogP contribution in [0.25, 0.3) is 22.1 Å². The molecule has 3 heterocycles. The Bertz CT molecular complexity index is 1340. The summed E-state index contributed by atoms with van der Waals surface area (Å²) < 4.78 is 16.5. The Kier molecular flexibility index (Phi) is 9.55. The average Bonchev–Trinajstić information content (AvgIpc) is 2.99. The summed E-state index contributed by atoms with van der Waals surface area (Å²) in [6.45, 7) is 4.59. The molecular weight excluding hydrogens is 504 g/mol. The predicted molar refractivity (Wildman–Crippen MR) is 158 cm³/mol. The van der Waals surface area contributed by atoms with Crippen molar-refractivity contribution in [1.29, 1.82) is 0 Å². The van der Waals surface area contributed by atoms with Crippen molar-refractivity contribution in [2.45, 2.75) is 57.4 Å². The molecule has 0 aliphatic carbocycles. The van der Waals surface area contributed by atoms with Crippen LogP contribution >= 0.6 is 0 Å². The minimum absolute atomic E-state index is 0.175. The van der Waals surface area contributed by atoms with Crippen molar-refractivity contribution in [3.05, 3.63) is 64.5 Å². The van der Waals surface area contributed by atoms with E-state index in [0.717, 1.165) is 35.0 Å². The summed E-state index contributed by atoms with van der Waals surface area (Å²) >= 11 is 0. The molecule has 5 rings (SSSR count). The molecule has 7 heteroatoms. The molecule has 2 aromatic carbocycles. The van der Waals surface area contributed by atoms with E-state index >= 15 is 0 Å². The predicted octanol–water partition coefficient (Wildman–Crippen LogP) is 5.53. The third-order valence-electron chi connectivity index (χ3n) is 8.65. The first-order valence-corrected chi connectivity index (χ1v) is 14.8. The molecule has 2 fully saturated rings. The number of benzene rings is 2. The Balaban J connectivity index is 1.36. The first-order valence-electron chi connectivity index (χ1n) is 14.8. The summed E-state index contributed by atoms with van der Waals surface area (Å²) in [7, 11) is 3.33. The minimum atomic E-state index is -0.401. The van der Waals surface area contributed by atoms with E-state index < -0.39 is 5.63 Å². The van der Waals surface area contributed by atoms with E-state index in [9.17, 15) is 9.59 Å². The SMILES string of the molecule is COCCCN(C[C@@H]1CCCN2CCCC[C@@H]12)C(=O)CCc1cc2c(-c3ccccc3)cc(=O)oc2cc1OC. The minimum Gasteiger partial charge on any atom is -0.496 e. The zero-order valence-electron chi connectivity index (χ0n) is 23.9. The van der Waals surface area contributed by atoms with Crippen LogP contribution in [0.3, 0.4) is 0 Å². The van der Waals surface area contributed by atoms with Crippen LogP contribution in [-0.2, 0) is 16.0 Å². The number of aryl methyl sites for hydroxylation is 1. The van der Waals surface area contributed by atoms with E-state index in [-0.39, 0.29) is 5.91 Å². The third-order valence-corrected chi connectivity index (χ3v) is 8.65. The van der Waals surface area contributed by atoms with Crippen LogP contribution in [0.15, 0.2) is 57.7 Å². The smallest absolute Gasteiger partial charge is 0.336 e. The first kappa shape index (κ1) is 28.4. The topological polar surface area (TPSA) is 72.2 Å². The summed E-state index contributed by atoms with van der Waals surface area (Å²) in [5.41, 5.74) is 2.78. The molecule has 2 saturated heterocycles. The molecule has 214 valence electrons. The third kappa shape index (κ3) is 6.58. The number of piperidine rings is 2. The fraction of sp³-hybridized carbons (Fsp3) is 0.515. The Hall–Kier alpha value is -3.16. The lowest BCUT2D eigenvalue weighted by molar-refractivity contribution is -0.132. The van der Waals surface area contributed by atoms with Gasteiger partial charge in [-0.05, 0) is 80.3 Å². The Morgan fingerprint density at radius 1 is 1.05 bits per heavy atom. The molecule has 2 aliphatic rings. The number of nitrogens with zero attached hydrogens (tertiary/aromatic N) is 2. The van der Waals surface area contributed by atoms with Crippen molar-refractivity contribution >= 4 is 16.9 Å². The second-order valence-electron chi connectivity index (χ2n) is 11.2. The van der Waals surface area contributed by atoms with Crippen molar-refractivity contribution in [2.75, 3.05) is 47.0 Å². The fourth-order valence-electron chi connectivity index (χ4n) is 6.67. The van der Waals surface area contributed by atoms with Gasteiger partial charge >= 0.3 is 5.63 Å². The van der Waals surface area contributed by atoms with Crippen molar-refractivity contribution in [3.63, 3.8) is 0 Å². The van der Waals surface area contributed by atoms with Crippen LogP contribution in [0.4, 0.5) is 0 Å². The second kappa shape index (κ2) is 13.5. The van der Waals surface area contributed by atoms with Gasteiger partial charge in [-0.25, -0.2) is 4.79 Å². The second-order valence-corrected chi connectivity index (χ2v) is 11.2. The Morgan fingerprint density at radius 2 is 1.88 bits per heavy atom. The van der Waals surface area contributed by atoms with Crippen LogP contribution in [0.2, 0.25) is 0 Å². The van der Waals surface area contributed by atoms with Gasteiger partial charge in [0.1, 0.15) is 11.3 Å². The van der Waals surface area contributed by atoms with Crippen LogP contribution in [0.1, 0.15) is 50.5 Å². The normalized spacial score (nSPS) is 19.4. The number of carbonyl (C=O) groups is 1.